The van der Waals surface area contributed by atoms with Gasteiger partial charge in [-0.3, -0.25) is 9.47 Å². The number of rotatable bonds is 8. The van der Waals surface area contributed by atoms with Crippen molar-refractivity contribution in [2.75, 3.05) is 51.9 Å². The van der Waals surface area contributed by atoms with Crippen molar-refractivity contribution >= 4 is 22.5 Å². The van der Waals surface area contributed by atoms with Crippen molar-refractivity contribution in [3.8, 4) is 17.6 Å². The fraction of sp³-hybridized carbons (Fsp3) is 0.320. The van der Waals surface area contributed by atoms with E-state index in [1.165, 1.54) is 0 Å². The molecule has 2 aromatic carbocycles. The minimum Gasteiger partial charge on any atom is -0.497 e. The number of morpholine rings is 1. The molecule has 0 atom stereocenters. The average Bonchev–Trinajstić information content (AvgIpc) is 3.30. The number of aryl methyl sites for hydroxylation is 1. The molecule has 1 saturated heterocycles. The van der Waals surface area contributed by atoms with Gasteiger partial charge in [-0.1, -0.05) is 18.2 Å². The summed E-state index contributed by atoms with van der Waals surface area (Å²) in [6.07, 6.45) is 1.73. The van der Waals surface area contributed by atoms with Gasteiger partial charge in [0.25, 0.3) is 0 Å². The van der Waals surface area contributed by atoms with Crippen molar-refractivity contribution in [3.05, 3.63) is 60.4 Å². The van der Waals surface area contributed by atoms with E-state index in [0.29, 0.717) is 24.3 Å². The summed E-state index contributed by atoms with van der Waals surface area (Å²) >= 11 is 0. The molecule has 2 aromatic heterocycles. The highest BCUT2D eigenvalue weighted by molar-refractivity contribution is 5.76. The van der Waals surface area contributed by atoms with Crippen molar-refractivity contribution in [3.63, 3.8) is 0 Å². The quantitative estimate of drug-likeness (QED) is 0.411. The van der Waals surface area contributed by atoms with Gasteiger partial charge < -0.3 is 25.0 Å². The van der Waals surface area contributed by atoms with E-state index in [2.05, 4.69) is 20.2 Å². The lowest BCUT2D eigenvalue weighted by molar-refractivity contribution is 0.0320. The van der Waals surface area contributed by atoms with E-state index < -0.39 is 0 Å². The maximum Gasteiger partial charge on any atom is 0.240 e. The minimum atomic E-state index is 0. The van der Waals surface area contributed by atoms with Crippen molar-refractivity contribution in [1.29, 1.82) is 0 Å². The lowest BCUT2D eigenvalue weighted by Crippen LogP contribution is -2.38. The van der Waals surface area contributed by atoms with Crippen LogP contribution in [0.1, 0.15) is 5.56 Å². The maximum atomic E-state index is 6.08. The molecule has 0 bridgehead atoms. The Morgan fingerprint density at radius 3 is 2.71 bits per heavy atom. The average molecular weight is 479 g/mol. The molecular formula is C25H30N6O4. The van der Waals surface area contributed by atoms with E-state index in [4.69, 9.17) is 19.2 Å². The van der Waals surface area contributed by atoms with Crippen molar-refractivity contribution < 1.29 is 19.7 Å². The van der Waals surface area contributed by atoms with Gasteiger partial charge in [0, 0.05) is 37.5 Å². The van der Waals surface area contributed by atoms with Crippen LogP contribution in [0.5, 0.6) is 11.6 Å². The molecule has 1 fully saturated rings. The van der Waals surface area contributed by atoms with Crippen LogP contribution in [0, 0.1) is 6.92 Å². The van der Waals surface area contributed by atoms with E-state index in [0.717, 1.165) is 60.9 Å². The Hall–Kier alpha value is -3.73. The predicted octanol–water partition coefficient (Wildman–Crippen LogP) is 2.76. The summed E-state index contributed by atoms with van der Waals surface area (Å²) in [7, 11) is 1.65. The van der Waals surface area contributed by atoms with Gasteiger partial charge in [-0.25, -0.2) is 4.98 Å². The summed E-state index contributed by atoms with van der Waals surface area (Å²) in [5, 5.41) is 3.41. The summed E-state index contributed by atoms with van der Waals surface area (Å²) in [6.45, 7) is 6.74. The van der Waals surface area contributed by atoms with Crippen molar-refractivity contribution in [2.24, 2.45) is 0 Å². The molecule has 10 nitrogen and oxygen atoms in total. The van der Waals surface area contributed by atoms with Crippen LogP contribution >= 0.6 is 0 Å². The number of aromatic nitrogens is 4. The number of hydrogen-bond acceptors (Lipinski definition) is 8. The molecule has 0 spiro atoms. The van der Waals surface area contributed by atoms with Gasteiger partial charge in [-0.2, -0.15) is 9.97 Å². The Morgan fingerprint density at radius 1 is 1.06 bits per heavy atom. The molecule has 35 heavy (non-hydrogen) atoms. The van der Waals surface area contributed by atoms with Gasteiger partial charge in [-0.15, -0.1) is 0 Å². The van der Waals surface area contributed by atoms with Gasteiger partial charge in [0.2, 0.25) is 11.8 Å². The Labute approximate surface area is 203 Å². The van der Waals surface area contributed by atoms with Crippen LogP contribution in [-0.2, 0) is 4.74 Å². The largest absolute Gasteiger partial charge is 0.497 e. The Balaban J connectivity index is 0.00000289. The normalized spacial score (nSPS) is 13.9. The Morgan fingerprint density at radius 2 is 1.89 bits per heavy atom. The first-order chi connectivity index (χ1) is 16.7. The molecule has 5 rings (SSSR count). The monoisotopic (exact) mass is 478 g/mol. The topological polar surface area (TPSA) is 118 Å². The zero-order valence-corrected chi connectivity index (χ0v) is 19.9. The molecule has 3 N–H and O–H groups in total. The third-order valence-corrected chi connectivity index (χ3v) is 5.83. The van der Waals surface area contributed by atoms with E-state index in [1.807, 2.05) is 60.0 Å². The van der Waals surface area contributed by atoms with Crippen LogP contribution in [-0.4, -0.2) is 76.5 Å². The number of ether oxygens (including phenoxy) is 3. The van der Waals surface area contributed by atoms with E-state index in [1.54, 1.807) is 13.4 Å². The Bertz CT molecular complexity index is 1270. The zero-order chi connectivity index (χ0) is 23.3. The number of para-hydroxylation sites is 2. The number of nitrogens with one attached hydrogen (secondary N) is 1. The van der Waals surface area contributed by atoms with Gasteiger partial charge >= 0.3 is 0 Å². The summed E-state index contributed by atoms with van der Waals surface area (Å²) in [5.41, 5.74) is 3.78. The van der Waals surface area contributed by atoms with Crippen LogP contribution in [0.3, 0.4) is 0 Å². The second kappa shape index (κ2) is 11.1. The van der Waals surface area contributed by atoms with Crippen LogP contribution in [0.2, 0.25) is 0 Å². The first-order valence-corrected chi connectivity index (χ1v) is 11.4. The fourth-order valence-electron chi connectivity index (χ4n) is 3.88. The lowest BCUT2D eigenvalue weighted by Gasteiger charge is -2.26. The Kier molecular flexibility index (Phi) is 7.76. The predicted molar refractivity (Wildman–Crippen MR) is 134 cm³/mol. The van der Waals surface area contributed by atoms with Crippen LogP contribution < -0.4 is 14.8 Å². The molecular weight excluding hydrogens is 448 g/mol. The standard InChI is InChI=1S/C25H28N6O3.H2O/c1-18-7-8-19(32-2)15-21(18)27-23-16-24(34-14-11-30-9-12-33-13-10-30)29-25(28-23)31-17-26-20-5-3-4-6-22(20)31;/h3-8,15-17H,9-14H2,1-2H3,(H,27,28,29);1H2. The highest BCUT2D eigenvalue weighted by Crippen LogP contribution is 2.27. The van der Waals surface area contributed by atoms with Crippen molar-refractivity contribution in [1.82, 2.24) is 24.4 Å². The molecule has 3 heterocycles. The molecule has 0 radical (unpaired) electrons. The smallest absolute Gasteiger partial charge is 0.240 e. The maximum absolute atomic E-state index is 6.08. The molecule has 0 aliphatic carbocycles. The molecule has 10 heteroatoms. The lowest BCUT2D eigenvalue weighted by atomic mass is 10.2. The van der Waals surface area contributed by atoms with Crippen LogP contribution in [0.4, 0.5) is 11.5 Å². The van der Waals surface area contributed by atoms with Gasteiger partial charge in [-0.05, 0) is 30.7 Å². The second-order valence-electron chi connectivity index (χ2n) is 8.10. The molecule has 4 aromatic rings. The van der Waals surface area contributed by atoms with Gasteiger partial charge in [0.15, 0.2) is 0 Å². The number of hydrogen-bond donors (Lipinski definition) is 1. The molecule has 1 aliphatic heterocycles. The number of benzene rings is 2. The summed E-state index contributed by atoms with van der Waals surface area (Å²) in [6, 6.07) is 15.6. The SMILES string of the molecule is COc1ccc(C)c(Nc2cc(OCCN3CCOCC3)nc(-n3cnc4ccccc43)n2)c1.O. The number of nitrogens with zero attached hydrogens (tertiary/aromatic N) is 5. The van der Waals surface area contributed by atoms with Gasteiger partial charge in [0.05, 0.1) is 31.4 Å². The number of anilines is 2. The summed E-state index contributed by atoms with van der Waals surface area (Å²) in [4.78, 5) is 16.3. The highest BCUT2D eigenvalue weighted by atomic mass is 16.5. The number of methoxy groups -OCH3 is 1. The first-order valence-electron chi connectivity index (χ1n) is 11.4. The highest BCUT2D eigenvalue weighted by Gasteiger charge is 2.14. The van der Waals surface area contributed by atoms with Gasteiger partial charge in [0.1, 0.15) is 24.5 Å². The summed E-state index contributed by atoms with van der Waals surface area (Å²) < 4.78 is 18.8. The van der Waals surface area contributed by atoms with E-state index in [-0.39, 0.29) is 5.48 Å². The third-order valence-electron chi connectivity index (χ3n) is 5.83. The first kappa shape index (κ1) is 24.4. The van der Waals surface area contributed by atoms with E-state index >= 15 is 0 Å². The van der Waals surface area contributed by atoms with Crippen LogP contribution in [0.15, 0.2) is 54.9 Å². The fourth-order valence-corrected chi connectivity index (χ4v) is 3.88. The molecule has 0 unspecified atom stereocenters. The molecule has 0 amide bonds. The van der Waals surface area contributed by atoms with Crippen molar-refractivity contribution in [2.45, 2.75) is 6.92 Å². The molecule has 1 aliphatic rings. The summed E-state index contributed by atoms with van der Waals surface area (Å²) in [5.74, 6) is 2.38. The molecule has 0 saturated carbocycles. The molecule has 184 valence electrons. The number of fused-ring (bicyclic) bond motifs is 1. The zero-order valence-electron chi connectivity index (χ0n) is 19.9. The third kappa shape index (κ3) is 5.68. The second-order valence-corrected chi connectivity index (χ2v) is 8.10. The minimum absolute atomic E-state index is 0. The van der Waals surface area contributed by atoms with E-state index in [9.17, 15) is 0 Å². The van der Waals surface area contributed by atoms with Crippen LogP contribution in [0.25, 0.3) is 17.0 Å². The number of imidazole rings is 1.